The van der Waals surface area contributed by atoms with E-state index in [1.807, 2.05) is 13.8 Å². The standard InChI is InChI=1S/C15H20FNO4/c1-10(2)8-13(15(19)20)17-14(18)6-7-21-12-5-3-4-11(16)9-12/h3-5,9-10,13H,6-8H2,1-2H3,(H,17,18)(H,19,20)/t13-/m1/s1. The van der Waals surface area contributed by atoms with Crippen molar-refractivity contribution in [2.45, 2.75) is 32.7 Å². The maximum absolute atomic E-state index is 12.9. The number of carboxylic acids is 1. The average Bonchev–Trinajstić information content (AvgIpc) is 2.37. The molecule has 0 radical (unpaired) electrons. The average molecular weight is 297 g/mol. The minimum atomic E-state index is -1.05. The van der Waals surface area contributed by atoms with Crippen LogP contribution in [0.5, 0.6) is 5.75 Å². The van der Waals surface area contributed by atoms with Gasteiger partial charge in [0.25, 0.3) is 0 Å². The van der Waals surface area contributed by atoms with Crippen LogP contribution >= 0.6 is 0 Å². The van der Waals surface area contributed by atoms with Crippen molar-refractivity contribution in [3.63, 3.8) is 0 Å². The molecule has 2 N–H and O–H groups in total. The smallest absolute Gasteiger partial charge is 0.326 e. The van der Waals surface area contributed by atoms with E-state index in [0.29, 0.717) is 12.2 Å². The number of hydrogen-bond acceptors (Lipinski definition) is 3. The number of carbonyl (C=O) groups excluding carboxylic acids is 1. The lowest BCUT2D eigenvalue weighted by atomic mass is 10.0. The summed E-state index contributed by atoms with van der Waals surface area (Å²) in [4.78, 5) is 22.7. The molecule has 1 amide bonds. The van der Waals surface area contributed by atoms with Crippen LogP contribution in [0, 0.1) is 11.7 Å². The molecule has 6 heteroatoms. The van der Waals surface area contributed by atoms with Gasteiger partial charge >= 0.3 is 5.97 Å². The van der Waals surface area contributed by atoms with Crippen LogP contribution in [0.15, 0.2) is 24.3 Å². The Morgan fingerprint density at radius 3 is 2.67 bits per heavy atom. The maximum atomic E-state index is 12.9. The van der Waals surface area contributed by atoms with Crippen LogP contribution in [0.4, 0.5) is 4.39 Å². The topological polar surface area (TPSA) is 75.6 Å². The predicted molar refractivity (Wildman–Crippen MR) is 75.5 cm³/mol. The highest BCUT2D eigenvalue weighted by Crippen LogP contribution is 2.12. The number of amides is 1. The van der Waals surface area contributed by atoms with Gasteiger partial charge in [-0.15, -0.1) is 0 Å². The number of hydrogen-bond donors (Lipinski definition) is 2. The molecule has 1 atom stereocenters. The summed E-state index contributed by atoms with van der Waals surface area (Å²) in [6.07, 6.45) is 0.379. The number of aliphatic carboxylic acids is 1. The van der Waals surface area contributed by atoms with Crippen LogP contribution < -0.4 is 10.1 Å². The van der Waals surface area contributed by atoms with Gasteiger partial charge in [0.05, 0.1) is 13.0 Å². The molecule has 0 saturated carbocycles. The molecule has 21 heavy (non-hydrogen) atoms. The largest absolute Gasteiger partial charge is 0.493 e. The number of halogens is 1. The Morgan fingerprint density at radius 1 is 1.38 bits per heavy atom. The van der Waals surface area contributed by atoms with Gasteiger partial charge < -0.3 is 15.2 Å². The molecule has 0 aliphatic carbocycles. The monoisotopic (exact) mass is 297 g/mol. The molecule has 0 unspecified atom stereocenters. The minimum Gasteiger partial charge on any atom is -0.493 e. The number of ether oxygens (including phenoxy) is 1. The summed E-state index contributed by atoms with van der Waals surface area (Å²) in [6.45, 7) is 3.83. The number of carboxylic acid groups (broad SMARTS) is 1. The molecule has 0 aromatic heterocycles. The Bertz CT molecular complexity index is 490. The third kappa shape index (κ3) is 6.74. The fourth-order valence-electron chi connectivity index (χ4n) is 1.78. The van der Waals surface area contributed by atoms with E-state index in [1.54, 1.807) is 6.07 Å². The van der Waals surface area contributed by atoms with E-state index in [2.05, 4.69) is 5.32 Å². The van der Waals surface area contributed by atoms with Crippen molar-refractivity contribution in [2.24, 2.45) is 5.92 Å². The Balaban J connectivity index is 2.37. The second-order valence-corrected chi connectivity index (χ2v) is 5.14. The second-order valence-electron chi connectivity index (χ2n) is 5.14. The molecule has 0 spiro atoms. The van der Waals surface area contributed by atoms with Crippen molar-refractivity contribution in [3.05, 3.63) is 30.1 Å². The van der Waals surface area contributed by atoms with E-state index in [4.69, 9.17) is 9.84 Å². The summed E-state index contributed by atoms with van der Waals surface area (Å²) >= 11 is 0. The van der Waals surface area contributed by atoms with Crippen LogP contribution in [-0.2, 0) is 9.59 Å². The second kappa shape index (κ2) is 8.24. The van der Waals surface area contributed by atoms with Gasteiger partial charge in [-0.2, -0.15) is 0 Å². The highest BCUT2D eigenvalue weighted by atomic mass is 19.1. The fourth-order valence-corrected chi connectivity index (χ4v) is 1.78. The molecule has 0 aliphatic rings. The van der Waals surface area contributed by atoms with Crippen molar-refractivity contribution >= 4 is 11.9 Å². The van der Waals surface area contributed by atoms with Crippen molar-refractivity contribution < 1.29 is 23.8 Å². The van der Waals surface area contributed by atoms with Crippen LogP contribution in [-0.4, -0.2) is 29.6 Å². The van der Waals surface area contributed by atoms with E-state index in [1.165, 1.54) is 18.2 Å². The van der Waals surface area contributed by atoms with Crippen molar-refractivity contribution in [1.82, 2.24) is 5.32 Å². The molecule has 0 heterocycles. The van der Waals surface area contributed by atoms with Crippen LogP contribution in [0.2, 0.25) is 0 Å². The molecular weight excluding hydrogens is 277 g/mol. The van der Waals surface area contributed by atoms with E-state index in [0.717, 1.165) is 0 Å². The van der Waals surface area contributed by atoms with Crippen LogP contribution in [0.1, 0.15) is 26.7 Å². The molecular formula is C15H20FNO4. The quantitative estimate of drug-likeness (QED) is 0.771. The molecule has 5 nitrogen and oxygen atoms in total. The lowest BCUT2D eigenvalue weighted by molar-refractivity contribution is -0.142. The van der Waals surface area contributed by atoms with Gasteiger partial charge in [-0.25, -0.2) is 9.18 Å². The van der Waals surface area contributed by atoms with Gasteiger partial charge in [0.15, 0.2) is 0 Å². The number of nitrogens with one attached hydrogen (secondary N) is 1. The molecule has 0 aliphatic heterocycles. The summed E-state index contributed by atoms with van der Waals surface area (Å²) in [5.41, 5.74) is 0. The molecule has 1 rings (SSSR count). The van der Waals surface area contributed by atoms with Gasteiger partial charge in [0.1, 0.15) is 17.6 Å². The number of rotatable bonds is 8. The van der Waals surface area contributed by atoms with Gasteiger partial charge in [-0.3, -0.25) is 4.79 Å². The van der Waals surface area contributed by atoms with Crippen molar-refractivity contribution in [1.29, 1.82) is 0 Å². The van der Waals surface area contributed by atoms with Crippen LogP contribution in [0.25, 0.3) is 0 Å². The van der Waals surface area contributed by atoms with Gasteiger partial charge in [0.2, 0.25) is 5.91 Å². The first-order valence-corrected chi connectivity index (χ1v) is 6.79. The SMILES string of the molecule is CC(C)C[C@@H](NC(=O)CCOc1cccc(F)c1)C(=O)O. The third-order valence-corrected chi connectivity index (χ3v) is 2.73. The normalized spacial score (nSPS) is 12.0. The van der Waals surface area contributed by atoms with E-state index in [-0.39, 0.29) is 18.9 Å². The van der Waals surface area contributed by atoms with Gasteiger partial charge in [-0.1, -0.05) is 19.9 Å². The fraction of sp³-hybridized carbons (Fsp3) is 0.467. The number of benzene rings is 1. The highest BCUT2D eigenvalue weighted by molar-refractivity contribution is 5.83. The Labute approximate surface area is 123 Å². The van der Waals surface area contributed by atoms with E-state index < -0.39 is 23.7 Å². The Kier molecular flexibility index (Phi) is 6.65. The van der Waals surface area contributed by atoms with Gasteiger partial charge in [-0.05, 0) is 24.5 Å². The summed E-state index contributed by atoms with van der Waals surface area (Å²) in [5.74, 6) is -1.38. The lowest BCUT2D eigenvalue weighted by Crippen LogP contribution is -2.42. The van der Waals surface area contributed by atoms with E-state index in [9.17, 15) is 14.0 Å². The summed E-state index contributed by atoms with van der Waals surface area (Å²) < 4.78 is 18.1. The van der Waals surface area contributed by atoms with Crippen LogP contribution in [0.3, 0.4) is 0 Å². The predicted octanol–water partition coefficient (Wildman–Crippen LogP) is 2.21. The first-order chi connectivity index (χ1) is 9.88. The lowest BCUT2D eigenvalue weighted by Gasteiger charge is -2.16. The third-order valence-electron chi connectivity index (χ3n) is 2.73. The molecule has 0 saturated heterocycles. The summed E-state index contributed by atoms with van der Waals surface area (Å²) in [7, 11) is 0. The first-order valence-electron chi connectivity index (χ1n) is 6.79. The molecule has 116 valence electrons. The summed E-state index contributed by atoms with van der Waals surface area (Å²) in [6, 6.07) is 4.71. The van der Waals surface area contributed by atoms with E-state index >= 15 is 0 Å². The van der Waals surface area contributed by atoms with Crippen molar-refractivity contribution in [2.75, 3.05) is 6.61 Å². The molecule has 1 aromatic rings. The minimum absolute atomic E-state index is 0.0123. The van der Waals surface area contributed by atoms with Gasteiger partial charge in [0, 0.05) is 6.07 Å². The summed E-state index contributed by atoms with van der Waals surface area (Å²) in [5, 5.41) is 11.5. The Morgan fingerprint density at radius 2 is 2.10 bits per heavy atom. The molecule has 1 aromatic carbocycles. The molecule has 0 fully saturated rings. The zero-order valence-electron chi connectivity index (χ0n) is 12.1. The first kappa shape index (κ1) is 16.9. The Hall–Kier alpha value is -2.11. The number of carbonyl (C=O) groups is 2. The zero-order chi connectivity index (χ0) is 15.8. The maximum Gasteiger partial charge on any atom is 0.326 e. The van der Waals surface area contributed by atoms with Crippen molar-refractivity contribution in [3.8, 4) is 5.75 Å². The zero-order valence-corrected chi connectivity index (χ0v) is 12.1. The molecule has 0 bridgehead atoms. The highest BCUT2D eigenvalue weighted by Gasteiger charge is 2.20.